The van der Waals surface area contributed by atoms with Crippen LogP contribution < -0.4 is 5.32 Å². The lowest BCUT2D eigenvalue weighted by atomic mass is 9.84. The molecule has 0 bridgehead atoms. The van der Waals surface area contributed by atoms with Crippen LogP contribution in [0.2, 0.25) is 0 Å². The topological polar surface area (TPSA) is 35.9 Å². The van der Waals surface area contributed by atoms with Gasteiger partial charge in [0.25, 0.3) is 0 Å². The van der Waals surface area contributed by atoms with Crippen molar-refractivity contribution in [2.75, 3.05) is 0 Å². The smallest absolute Gasteiger partial charge is 0.0476 e. The average Bonchev–Trinajstić information content (AvgIpc) is 3.13. The molecule has 0 atom stereocenters. The van der Waals surface area contributed by atoms with E-state index < -0.39 is 0 Å². The van der Waals surface area contributed by atoms with Gasteiger partial charge in [-0.2, -0.15) is 0 Å². The van der Waals surface area contributed by atoms with E-state index in [0.29, 0.717) is 5.71 Å². The molecule has 222 valence electrons. The third kappa shape index (κ3) is 4.69. The molecule has 1 heterocycles. The second-order valence-electron chi connectivity index (χ2n) is 12.5. The zero-order valence-corrected chi connectivity index (χ0v) is 25.9. The summed E-state index contributed by atoms with van der Waals surface area (Å²) < 4.78 is 0. The minimum absolute atomic E-state index is 0.685. The van der Waals surface area contributed by atoms with Crippen molar-refractivity contribution in [2.45, 2.75) is 12.8 Å². The Morgan fingerprint density at radius 1 is 0.511 bits per heavy atom. The second kappa shape index (κ2) is 11.1. The molecule has 7 aromatic carbocycles. The minimum Gasteiger partial charge on any atom is -0.354 e. The van der Waals surface area contributed by atoms with Crippen LogP contribution in [0.25, 0.3) is 71.0 Å². The van der Waals surface area contributed by atoms with Crippen molar-refractivity contribution >= 4 is 54.5 Å². The van der Waals surface area contributed by atoms with Gasteiger partial charge in [0.15, 0.2) is 0 Å². The molecule has 0 saturated heterocycles. The molecule has 0 aromatic heterocycles. The van der Waals surface area contributed by atoms with Gasteiger partial charge in [0.2, 0.25) is 0 Å². The van der Waals surface area contributed by atoms with Crippen LogP contribution in [0.15, 0.2) is 169 Å². The maximum atomic E-state index is 8.57. The molecule has 1 aliphatic heterocycles. The average molecular weight is 601 g/mol. The molecule has 7 aromatic rings. The number of benzene rings is 7. The minimum atomic E-state index is 0.685. The number of hydrogen-bond donors (Lipinski definition) is 2. The molecule has 0 fully saturated rings. The van der Waals surface area contributed by atoms with E-state index in [0.717, 1.165) is 35.4 Å². The van der Waals surface area contributed by atoms with Crippen LogP contribution in [0.1, 0.15) is 18.4 Å². The number of fused-ring (bicyclic) bond motifs is 4. The predicted molar refractivity (Wildman–Crippen MR) is 201 cm³/mol. The molecule has 2 N–H and O–H groups in total. The van der Waals surface area contributed by atoms with Crippen molar-refractivity contribution in [2.24, 2.45) is 0 Å². The van der Waals surface area contributed by atoms with Gasteiger partial charge in [-0.15, -0.1) is 0 Å². The van der Waals surface area contributed by atoms with E-state index in [1.807, 2.05) is 0 Å². The number of allylic oxidation sites excluding steroid dienone is 6. The van der Waals surface area contributed by atoms with Crippen molar-refractivity contribution in [3.63, 3.8) is 0 Å². The normalized spacial score (nSPS) is 16.3. The highest BCUT2D eigenvalue weighted by atomic mass is 14.9. The summed E-state index contributed by atoms with van der Waals surface area (Å²) in [5, 5.41) is 22.2. The molecule has 0 radical (unpaired) electrons. The summed E-state index contributed by atoms with van der Waals surface area (Å²) in [6, 6.07) is 46.7. The van der Waals surface area contributed by atoms with E-state index >= 15 is 0 Å². The van der Waals surface area contributed by atoms with Gasteiger partial charge in [0, 0.05) is 22.7 Å². The third-order valence-electron chi connectivity index (χ3n) is 9.67. The van der Waals surface area contributed by atoms with Gasteiger partial charge in [0.1, 0.15) is 0 Å². The van der Waals surface area contributed by atoms with Crippen LogP contribution in [-0.4, -0.2) is 5.71 Å². The van der Waals surface area contributed by atoms with Gasteiger partial charge < -0.3 is 10.7 Å². The lowest BCUT2D eigenvalue weighted by Crippen LogP contribution is -2.18. The van der Waals surface area contributed by atoms with Crippen LogP contribution >= 0.6 is 0 Å². The summed E-state index contributed by atoms with van der Waals surface area (Å²) in [6.45, 7) is 0. The molecule has 0 spiro atoms. The molecular formula is C45H32N2. The molecule has 0 amide bonds. The molecule has 0 saturated carbocycles. The fraction of sp³-hybridized carbons (Fsp3) is 0.0444. The molecular weight excluding hydrogens is 569 g/mol. The van der Waals surface area contributed by atoms with Gasteiger partial charge in [-0.3, -0.25) is 0 Å². The fourth-order valence-corrected chi connectivity index (χ4v) is 7.37. The Balaban J connectivity index is 1.32. The highest BCUT2D eigenvalue weighted by Crippen LogP contribution is 2.45. The van der Waals surface area contributed by atoms with Crippen molar-refractivity contribution in [1.29, 1.82) is 5.41 Å². The lowest BCUT2D eigenvalue weighted by molar-refractivity contribution is 1.03. The monoisotopic (exact) mass is 600 g/mol. The first-order chi connectivity index (χ1) is 23.2. The summed E-state index contributed by atoms with van der Waals surface area (Å²) in [5.41, 5.74) is 9.72. The van der Waals surface area contributed by atoms with E-state index in [4.69, 9.17) is 5.41 Å². The Morgan fingerprint density at radius 2 is 1.09 bits per heavy atom. The third-order valence-corrected chi connectivity index (χ3v) is 9.67. The molecule has 2 aliphatic rings. The first kappa shape index (κ1) is 27.3. The largest absolute Gasteiger partial charge is 0.354 e. The Morgan fingerprint density at radius 3 is 1.74 bits per heavy atom. The fourth-order valence-electron chi connectivity index (χ4n) is 7.37. The number of nitrogens with one attached hydrogen (secondary N) is 2. The Hall–Kier alpha value is -5.99. The van der Waals surface area contributed by atoms with Gasteiger partial charge in [-0.1, -0.05) is 127 Å². The van der Waals surface area contributed by atoms with Crippen LogP contribution in [0.5, 0.6) is 0 Å². The second-order valence-corrected chi connectivity index (χ2v) is 12.5. The lowest BCUT2D eigenvalue weighted by Gasteiger charge is -2.22. The van der Waals surface area contributed by atoms with Crippen molar-refractivity contribution in [1.82, 2.24) is 5.32 Å². The van der Waals surface area contributed by atoms with Crippen LogP contribution in [0.4, 0.5) is 0 Å². The maximum Gasteiger partial charge on any atom is 0.0476 e. The quantitative estimate of drug-likeness (QED) is 0.194. The van der Waals surface area contributed by atoms with Crippen LogP contribution in [0, 0.1) is 5.41 Å². The Kier molecular flexibility index (Phi) is 6.46. The molecule has 9 rings (SSSR count). The highest BCUT2D eigenvalue weighted by molar-refractivity contribution is 6.22. The van der Waals surface area contributed by atoms with E-state index in [-0.39, 0.29) is 0 Å². The zero-order chi connectivity index (χ0) is 31.3. The molecule has 47 heavy (non-hydrogen) atoms. The highest BCUT2D eigenvalue weighted by Gasteiger charge is 2.20. The number of dihydropyridines is 1. The van der Waals surface area contributed by atoms with Gasteiger partial charge in [0.05, 0.1) is 0 Å². The summed E-state index contributed by atoms with van der Waals surface area (Å²) in [6.07, 6.45) is 12.3. The van der Waals surface area contributed by atoms with Gasteiger partial charge >= 0.3 is 0 Å². The predicted octanol–water partition coefficient (Wildman–Crippen LogP) is 11.8. The SMILES string of the molecule is N=C1CCC=C/C1=C1\C=CC=C(c2ccc3c(-c4ccc5ccccc5c4)c4ccccc4c(-c4ccc5ccccc5c4)c3c2)N1. The number of hydrogen-bond acceptors (Lipinski definition) is 2. The van der Waals surface area contributed by atoms with E-state index in [1.54, 1.807) is 0 Å². The Bertz CT molecular complexity index is 2560. The molecule has 1 aliphatic carbocycles. The summed E-state index contributed by atoms with van der Waals surface area (Å²) in [5.74, 6) is 0. The van der Waals surface area contributed by atoms with E-state index in [9.17, 15) is 0 Å². The summed E-state index contributed by atoms with van der Waals surface area (Å²) in [7, 11) is 0. The molecule has 2 nitrogen and oxygen atoms in total. The first-order valence-electron chi connectivity index (χ1n) is 16.3. The van der Waals surface area contributed by atoms with Gasteiger partial charge in [-0.25, -0.2) is 0 Å². The molecule has 0 unspecified atom stereocenters. The van der Waals surface area contributed by atoms with Crippen LogP contribution in [0.3, 0.4) is 0 Å². The van der Waals surface area contributed by atoms with E-state index in [1.165, 1.54) is 65.3 Å². The first-order valence-corrected chi connectivity index (χ1v) is 16.3. The molecule has 2 heteroatoms. The Labute approximate surface area is 274 Å². The summed E-state index contributed by atoms with van der Waals surface area (Å²) in [4.78, 5) is 0. The van der Waals surface area contributed by atoms with Crippen molar-refractivity contribution in [3.05, 3.63) is 175 Å². The standard InChI is InChI=1S/C45H32N2/c46-41-17-8-7-16-39(41)43-19-9-18-42(47-43)33-24-25-38-40(28-33)45(35-23-21-30-11-2-4-13-32(30)27-35)37-15-6-5-14-36(37)44(38)34-22-20-29-10-1-3-12-31(29)26-34/h1-7,9-16,18-28,46-47H,8,17H2/b43-39-,46-41?. The zero-order valence-electron chi connectivity index (χ0n) is 25.9. The van der Waals surface area contributed by atoms with Gasteiger partial charge in [-0.05, 0) is 114 Å². The number of rotatable bonds is 3. The van der Waals surface area contributed by atoms with Crippen molar-refractivity contribution < 1.29 is 0 Å². The van der Waals surface area contributed by atoms with E-state index in [2.05, 4.69) is 163 Å². The van der Waals surface area contributed by atoms with Crippen molar-refractivity contribution in [3.8, 4) is 22.3 Å². The summed E-state index contributed by atoms with van der Waals surface area (Å²) >= 11 is 0. The maximum absolute atomic E-state index is 8.57. The van der Waals surface area contributed by atoms with Crippen LogP contribution in [-0.2, 0) is 0 Å².